The topological polar surface area (TPSA) is 81.0 Å². The van der Waals surface area contributed by atoms with Crippen LogP contribution >= 0.6 is 0 Å². The summed E-state index contributed by atoms with van der Waals surface area (Å²) in [6.45, 7) is 1.88. The Morgan fingerprint density at radius 3 is 2.41 bits per heavy atom. The summed E-state index contributed by atoms with van der Waals surface area (Å²) in [4.78, 5) is 25.2. The number of halogens is 1. The van der Waals surface area contributed by atoms with Crippen molar-refractivity contribution in [2.45, 2.75) is 25.8 Å². The quantitative estimate of drug-likeness (QED) is 0.424. The molecule has 5 rings (SSSR count). The van der Waals surface area contributed by atoms with Gasteiger partial charge >= 0.3 is 0 Å². The molecule has 0 spiro atoms. The number of hydrogen-bond acceptors (Lipinski definition) is 3. The molecule has 0 saturated heterocycles. The van der Waals surface area contributed by atoms with Gasteiger partial charge in [0.1, 0.15) is 17.1 Å². The fraction of sp³-hybridized carbons (Fsp3) is 0.192. The predicted molar refractivity (Wildman–Crippen MR) is 127 cm³/mol. The molecule has 0 radical (unpaired) electrons. The molecule has 34 heavy (non-hydrogen) atoms. The van der Waals surface area contributed by atoms with E-state index in [-0.39, 0.29) is 29.5 Å². The van der Waals surface area contributed by atoms with Gasteiger partial charge in [0.2, 0.25) is 5.91 Å². The fourth-order valence-electron chi connectivity index (χ4n) is 3.83. The van der Waals surface area contributed by atoms with Crippen molar-refractivity contribution >= 4 is 17.5 Å². The van der Waals surface area contributed by atoms with Gasteiger partial charge < -0.3 is 15.2 Å². The molecule has 1 atom stereocenters. The normalized spacial score (nSPS) is 13.9. The highest BCUT2D eigenvalue weighted by atomic mass is 19.1. The maximum Gasteiger partial charge on any atom is 0.257 e. The van der Waals surface area contributed by atoms with E-state index < -0.39 is 5.82 Å². The second kappa shape index (κ2) is 8.97. The average Bonchev–Trinajstić information content (AvgIpc) is 3.37. The van der Waals surface area contributed by atoms with Crippen LogP contribution in [0.1, 0.15) is 41.7 Å². The predicted octanol–water partition coefficient (Wildman–Crippen LogP) is 4.64. The molecule has 1 aliphatic carbocycles. The van der Waals surface area contributed by atoms with Crippen molar-refractivity contribution < 1.29 is 14.0 Å². The van der Waals surface area contributed by atoms with E-state index in [2.05, 4.69) is 15.7 Å². The van der Waals surface area contributed by atoms with Crippen molar-refractivity contribution in [1.29, 1.82) is 0 Å². The number of benzene rings is 2. The zero-order chi connectivity index (χ0) is 23.7. The average molecular weight is 458 g/mol. The van der Waals surface area contributed by atoms with Crippen molar-refractivity contribution in [3.8, 4) is 11.5 Å². The monoisotopic (exact) mass is 457 g/mol. The number of nitrogens with one attached hydrogen (secondary N) is 2. The zero-order valence-electron chi connectivity index (χ0n) is 18.6. The molecular formula is C26H24FN5O2. The first kappa shape index (κ1) is 21.6. The van der Waals surface area contributed by atoms with Crippen molar-refractivity contribution in [3.05, 3.63) is 96.2 Å². The summed E-state index contributed by atoms with van der Waals surface area (Å²) in [7, 11) is 0. The molecule has 172 valence electrons. The number of hydrogen-bond donors (Lipinski definition) is 2. The van der Waals surface area contributed by atoms with Crippen LogP contribution in [0.4, 0.5) is 10.1 Å². The third-order valence-corrected chi connectivity index (χ3v) is 5.89. The van der Waals surface area contributed by atoms with Gasteiger partial charge in [-0.15, -0.1) is 0 Å². The van der Waals surface area contributed by atoms with Crippen LogP contribution in [0.5, 0.6) is 0 Å². The number of rotatable bonds is 7. The highest BCUT2D eigenvalue weighted by molar-refractivity contribution is 5.97. The number of para-hydroxylation sites is 1. The lowest BCUT2D eigenvalue weighted by atomic mass is 10.1. The maximum atomic E-state index is 14.5. The van der Waals surface area contributed by atoms with E-state index in [0.717, 1.165) is 24.1 Å². The summed E-state index contributed by atoms with van der Waals surface area (Å²) in [5.74, 6) is -0.132. The summed E-state index contributed by atoms with van der Waals surface area (Å²) in [5.41, 5.74) is 2.20. The molecule has 4 aromatic rings. The fourth-order valence-corrected chi connectivity index (χ4v) is 3.83. The smallest absolute Gasteiger partial charge is 0.257 e. The van der Waals surface area contributed by atoms with Gasteiger partial charge in [-0.1, -0.05) is 24.3 Å². The molecule has 7 nitrogen and oxygen atoms in total. The Bertz CT molecular complexity index is 1320. The van der Waals surface area contributed by atoms with Crippen LogP contribution in [-0.4, -0.2) is 26.2 Å². The third kappa shape index (κ3) is 4.34. The second-order valence-corrected chi connectivity index (χ2v) is 8.42. The molecule has 2 amide bonds. The van der Waals surface area contributed by atoms with Crippen molar-refractivity contribution in [3.63, 3.8) is 0 Å². The van der Waals surface area contributed by atoms with E-state index in [4.69, 9.17) is 0 Å². The second-order valence-electron chi connectivity index (χ2n) is 8.42. The molecule has 0 bridgehead atoms. The van der Waals surface area contributed by atoms with Crippen LogP contribution in [0.15, 0.2) is 79.3 Å². The Balaban J connectivity index is 1.37. The first-order valence-electron chi connectivity index (χ1n) is 11.2. The van der Waals surface area contributed by atoms with Gasteiger partial charge in [0.25, 0.3) is 5.91 Å². The zero-order valence-corrected chi connectivity index (χ0v) is 18.6. The molecule has 2 aromatic heterocycles. The first-order valence-corrected chi connectivity index (χ1v) is 11.2. The highest BCUT2D eigenvalue weighted by Gasteiger charge is 2.29. The Morgan fingerprint density at radius 2 is 1.74 bits per heavy atom. The first-order chi connectivity index (χ1) is 16.5. The van der Waals surface area contributed by atoms with Crippen LogP contribution in [0.3, 0.4) is 0 Å². The third-order valence-electron chi connectivity index (χ3n) is 5.89. The van der Waals surface area contributed by atoms with E-state index in [1.54, 1.807) is 35.2 Å². The van der Waals surface area contributed by atoms with Crippen LogP contribution in [-0.2, 0) is 4.79 Å². The molecule has 2 aromatic carbocycles. The summed E-state index contributed by atoms with van der Waals surface area (Å²) in [6, 6.07) is 17.1. The summed E-state index contributed by atoms with van der Waals surface area (Å²) < 4.78 is 17.7. The summed E-state index contributed by atoms with van der Waals surface area (Å²) >= 11 is 0. The minimum atomic E-state index is -0.437. The molecular weight excluding hydrogens is 433 g/mol. The van der Waals surface area contributed by atoms with Gasteiger partial charge in [-0.2, -0.15) is 5.10 Å². The van der Waals surface area contributed by atoms with Crippen molar-refractivity contribution in [2.24, 2.45) is 5.92 Å². The van der Waals surface area contributed by atoms with E-state index in [9.17, 15) is 14.0 Å². The summed E-state index contributed by atoms with van der Waals surface area (Å²) in [5, 5.41) is 10.2. The molecule has 2 heterocycles. The molecule has 1 unspecified atom stereocenters. The lowest BCUT2D eigenvalue weighted by Gasteiger charge is -2.16. The number of anilines is 1. The molecule has 1 aliphatic rings. The number of carbonyl (C=O) groups excluding carboxylic acids is 2. The molecule has 0 aliphatic heterocycles. The van der Waals surface area contributed by atoms with E-state index >= 15 is 0 Å². The van der Waals surface area contributed by atoms with Crippen molar-refractivity contribution in [2.75, 3.05) is 5.32 Å². The lowest BCUT2D eigenvalue weighted by molar-refractivity contribution is -0.117. The standard InChI is InChI=1S/C26H24FN5O2/c1-17(18-10-12-20(13-11-18)30-24(33)19-8-9-19)29-25(34)21-16-28-32(23-7-3-2-6-22(23)27)26(21)31-14-4-5-15-31/h2-7,10-17,19H,8-9H2,1H3,(H,29,34)(H,30,33). The Kier molecular flexibility index (Phi) is 5.71. The molecule has 8 heteroatoms. The molecule has 1 fully saturated rings. The number of nitrogens with zero attached hydrogens (tertiary/aromatic N) is 3. The Hall–Kier alpha value is -4.20. The Labute approximate surface area is 196 Å². The van der Waals surface area contributed by atoms with Gasteiger partial charge in [0.05, 0.1) is 12.2 Å². The number of amides is 2. The largest absolute Gasteiger partial charge is 0.345 e. The Morgan fingerprint density at radius 1 is 1.03 bits per heavy atom. The van der Waals surface area contributed by atoms with Crippen LogP contribution in [0.25, 0.3) is 11.5 Å². The lowest BCUT2D eigenvalue weighted by Crippen LogP contribution is -2.27. The van der Waals surface area contributed by atoms with Gasteiger partial charge in [-0.25, -0.2) is 9.07 Å². The van der Waals surface area contributed by atoms with Gasteiger partial charge in [-0.3, -0.25) is 9.59 Å². The van der Waals surface area contributed by atoms with E-state index in [0.29, 0.717) is 11.4 Å². The molecule has 1 saturated carbocycles. The van der Waals surface area contributed by atoms with Crippen molar-refractivity contribution in [1.82, 2.24) is 19.7 Å². The highest BCUT2D eigenvalue weighted by Crippen LogP contribution is 2.30. The minimum Gasteiger partial charge on any atom is -0.345 e. The van der Waals surface area contributed by atoms with Gasteiger partial charge in [0, 0.05) is 24.0 Å². The molecule has 2 N–H and O–H groups in total. The van der Waals surface area contributed by atoms with E-state index in [1.165, 1.54) is 16.9 Å². The number of carbonyl (C=O) groups is 2. The number of aromatic nitrogens is 3. The van der Waals surface area contributed by atoms with Gasteiger partial charge in [-0.05, 0) is 61.7 Å². The van der Waals surface area contributed by atoms with Crippen LogP contribution in [0, 0.1) is 11.7 Å². The van der Waals surface area contributed by atoms with E-state index in [1.807, 2.05) is 43.3 Å². The summed E-state index contributed by atoms with van der Waals surface area (Å²) in [6.07, 6.45) is 6.91. The minimum absolute atomic E-state index is 0.0542. The SMILES string of the molecule is CC(NC(=O)c1cnn(-c2ccccc2F)c1-n1cccc1)c1ccc(NC(=O)C2CC2)cc1. The van der Waals surface area contributed by atoms with Crippen LogP contribution < -0.4 is 10.6 Å². The van der Waals surface area contributed by atoms with Crippen LogP contribution in [0.2, 0.25) is 0 Å². The van der Waals surface area contributed by atoms with Gasteiger partial charge in [0.15, 0.2) is 5.82 Å². The maximum absolute atomic E-state index is 14.5.